The van der Waals surface area contributed by atoms with Crippen LogP contribution in [0.4, 0.5) is 10.5 Å². The van der Waals surface area contributed by atoms with Crippen molar-refractivity contribution in [1.82, 2.24) is 10.6 Å². The number of hydrogen-bond acceptors (Lipinski definition) is 3. The standard InChI is InChI=1S/C14H18N4O2/c1-10(2)17-13(19)7-8-16-14(20)18-12-6-4-3-5-11(12)9-15/h3-6,10H,7-8H2,1-2H3,(H,17,19)(H2,16,18,20). The number of anilines is 1. The molecule has 1 rings (SSSR count). The maximum Gasteiger partial charge on any atom is 0.319 e. The lowest BCUT2D eigenvalue weighted by atomic mass is 10.2. The molecule has 0 bridgehead atoms. The van der Waals surface area contributed by atoms with E-state index >= 15 is 0 Å². The number of rotatable bonds is 5. The molecule has 0 saturated carbocycles. The molecule has 0 unspecified atom stereocenters. The molecule has 0 aromatic heterocycles. The number of nitrogens with zero attached hydrogens (tertiary/aromatic N) is 1. The van der Waals surface area contributed by atoms with Crippen LogP contribution in [0, 0.1) is 11.3 Å². The van der Waals surface area contributed by atoms with Crippen molar-refractivity contribution in [3.05, 3.63) is 29.8 Å². The Balaban J connectivity index is 2.38. The largest absolute Gasteiger partial charge is 0.354 e. The van der Waals surface area contributed by atoms with Crippen LogP contribution in [0.1, 0.15) is 25.8 Å². The second kappa shape index (κ2) is 7.79. The zero-order valence-electron chi connectivity index (χ0n) is 11.6. The number of hydrogen-bond donors (Lipinski definition) is 3. The van der Waals surface area contributed by atoms with E-state index in [4.69, 9.17) is 5.26 Å². The summed E-state index contributed by atoms with van der Waals surface area (Å²) in [5.41, 5.74) is 0.833. The van der Waals surface area contributed by atoms with Crippen LogP contribution < -0.4 is 16.0 Å². The highest BCUT2D eigenvalue weighted by atomic mass is 16.2. The van der Waals surface area contributed by atoms with Crippen molar-refractivity contribution in [1.29, 1.82) is 5.26 Å². The van der Waals surface area contributed by atoms with Crippen LogP contribution in [-0.2, 0) is 4.79 Å². The summed E-state index contributed by atoms with van der Waals surface area (Å²) in [4.78, 5) is 23.0. The van der Waals surface area contributed by atoms with E-state index in [9.17, 15) is 9.59 Å². The minimum absolute atomic E-state index is 0.0823. The number of amides is 3. The molecule has 6 nitrogen and oxygen atoms in total. The molecule has 0 aliphatic carbocycles. The monoisotopic (exact) mass is 274 g/mol. The lowest BCUT2D eigenvalue weighted by Gasteiger charge is -2.10. The van der Waals surface area contributed by atoms with Crippen molar-refractivity contribution in [2.24, 2.45) is 0 Å². The van der Waals surface area contributed by atoms with E-state index in [0.717, 1.165) is 0 Å². The van der Waals surface area contributed by atoms with Gasteiger partial charge in [0, 0.05) is 19.0 Å². The molecule has 1 aromatic rings. The smallest absolute Gasteiger partial charge is 0.319 e. The van der Waals surface area contributed by atoms with Crippen LogP contribution in [0.25, 0.3) is 0 Å². The summed E-state index contributed by atoms with van der Waals surface area (Å²) in [7, 11) is 0. The number of carbonyl (C=O) groups excluding carboxylic acids is 2. The summed E-state index contributed by atoms with van der Waals surface area (Å²) in [6, 6.07) is 8.34. The lowest BCUT2D eigenvalue weighted by Crippen LogP contribution is -2.35. The van der Waals surface area contributed by atoms with Crippen LogP contribution >= 0.6 is 0 Å². The molecule has 0 radical (unpaired) electrons. The Bertz CT molecular complexity index is 520. The van der Waals surface area contributed by atoms with Crippen molar-refractivity contribution in [2.75, 3.05) is 11.9 Å². The van der Waals surface area contributed by atoms with E-state index in [1.165, 1.54) is 0 Å². The number of urea groups is 1. The van der Waals surface area contributed by atoms with Crippen molar-refractivity contribution in [3.63, 3.8) is 0 Å². The molecule has 0 heterocycles. The highest BCUT2D eigenvalue weighted by Gasteiger charge is 2.07. The van der Waals surface area contributed by atoms with Gasteiger partial charge in [0.25, 0.3) is 0 Å². The lowest BCUT2D eigenvalue weighted by molar-refractivity contribution is -0.121. The van der Waals surface area contributed by atoms with Gasteiger partial charge in [0.15, 0.2) is 0 Å². The Morgan fingerprint density at radius 2 is 2.00 bits per heavy atom. The van der Waals surface area contributed by atoms with Crippen molar-refractivity contribution in [3.8, 4) is 6.07 Å². The summed E-state index contributed by atoms with van der Waals surface area (Å²) in [5, 5.41) is 16.8. The molecule has 1 aromatic carbocycles. The first-order valence-corrected chi connectivity index (χ1v) is 6.36. The Hall–Kier alpha value is -2.55. The zero-order valence-corrected chi connectivity index (χ0v) is 11.6. The van der Waals surface area contributed by atoms with Gasteiger partial charge in [-0.05, 0) is 26.0 Å². The molecule has 0 spiro atoms. The fraction of sp³-hybridized carbons (Fsp3) is 0.357. The van der Waals surface area contributed by atoms with E-state index in [1.54, 1.807) is 24.3 Å². The van der Waals surface area contributed by atoms with Crippen molar-refractivity contribution >= 4 is 17.6 Å². The topological polar surface area (TPSA) is 94.0 Å². The van der Waals surface area contributed by atoms with Gasteiger partial charge in [-0.1, -0.05) is 12.1 Å². The number of para-hydroxylation sites is 1. The molecule has 0 aliphatic rings. The first kappa shape index (κ1) is 15.5. The minimum atomic E-state index is -0.440. The highest BCUT2D eigenvalue weighted by Crippen LogP contribution is 2.12. The predicted octanol–water partition coefficient (Wildman–Crippen LogP) is 1.59. The van der Waals surface area contributed by atoms with Gasteiger partial charge in [0.05, 0.1) is 11.3 Å². The molecule has 6 heteroatoms. The van der Waals surface area contributed by atoms with Gasteiger partial charge >= 0.3 is 6.03 Å². The van der Waals surface area contributed by atoms with Crippen LogP contribution in [0.2, 0.25) is 0 Å². The van der Waals surface area contributed by atoms with E-state index in [1.807, 2.05) is 19.9 Å². The molecular weight excluding hydrogens is 256 g/mol. The van der Waals surface area contributed by atoms with Gasteiger partial charge in [0.1, 0.15) is 6.07 Å². The fourth-order valence-electron chi connectivity index (χ4n) is 1.54. The Morgan fingerprint density at radius 1 is 1.30 bits per heavy atom. The Kier molecular flexibility index (Phi) is 6.04. The molecule has 20 heavy (non-hydrogen) atoms. The number of benzene rings is 1. The van der Waals surface area contributed by atoms with Crippen molar-refractivity contribution < 1.29 is 9.59 Å². The van der Waals surface area contributed by atoms with Gasteiger partial charge in [0.2, 0.25) is 5.91 Å². The van der Waals surface area contributed by atoms with Gasteiger partial charge in [-0.25, -0.2) is 4.79 Å². The van der Waals surface area contributed by atoms with E-state index < -0.39 is 6.03 Å². The van der Waals surface area contributed by atoms with E-state index in [-0.39, 0.29) is 24.9 Å². The summed E-state index contributed by atoms with van der Waals surface area (Å²) in [6.45, 7) is 3.98. The molecular formula is C14H18N4O2. The number of nitriles is 1. The molecule has 106 valence electrons. The first-order chi connectivity index (χ1) is 9.52. The second-order valence-corrected chi connectivity index (χ2v) is 4.51. The van der Waals surface area contributed by atoms with E-state index in [0.29, 0.717) is 11.3 Å². The minimum Gasteiger partial charge on any atom is -0.354 e. The van der Waals surface area contributed by atoms with Gasteiger partial charge in [-0.15, -0.1) is 0 Å². The normalized spacial score (nSPS) is 9.70. The summed E-state index contributed by atoms with van der Waals surface area (Å²) < 4.78 is 0. The quantitative estimate of drug-likeness (QED) is 0.761. The van der Waals surface area contributed by atoms with Crippen LogP contribution in [0.5, 0.6) is 0 Å². The average molecular weight is 274 g/mol. The zero-order chi connectivity index (χ0) is 15.0. The third-order valence-electron chi connectivity index (χ3n) is 2.38. The molecule has 3 amide bonds. The molecule has 0 fully saturated rings. The third kappa shape index (κ3) is 5.40. The predicted molar refractivity (Wildman–Crippen MR) is 76.1 cm³/mol. The average Bonchev–Trinajstić information content (AvgIpc) is 2.38. The molecule has 0 saturated heterocycles. The number of carbonyl (C=O) groups is 2. The summed E-state index contributed by atoms with van der Waals surface area (Å²) in [5.74, 6) is -0.113. The maximum atomic E-state index is 11.6. The molecule has 3 N–H and O–H groups in total. The van der Waals surface area contributed by atoms with Crippen LogP contribution in [0.15, 0.2) is 24.3 Å². The fourth-order valence-corrected chi connectivity index (χ4v) is 1.54. The summed E-state index contributed by atoms with van der Waals surface area (Å²) >= 11 is 0. The second-order valence-electron chi connectivity index (χ2n) is 4.51. The van der Waals surface area contributed by atoms with Gasteiger partial charge in [-0.2, -0.15) is 5.26 Å². The SMILES string of the molecule is CC(C)NC(=O)CCNC(=O)Nc1ccccc1C#N. The third-order valence-corrected chi connectivity index (χ3v) is 2.38. The van der Waals surface area contributed by atoms with Crippen LogP contribution in [0.3, 0.4) is 0 Å². The summed E-state index contributed by atoms with van der Waals surface area (Å²) in [6.07, 6.45) is 0.214. The Labute approximate surface area is 118 Å². The molecule has 0 atom stereocenters. The van der Waals surface area contributed by atoms with Crippen molar-refractivity contribution in [2.45, 2.75) is 26.3 Å². The highest BCUT2D eigenvalue weighted by molar-refractivity contribution is 5.91. The Morgan fingerprint density at radius 3 is 2.65 bits per heavy atom. The molecule has 0 aliphatic heterocycles. The number of nitrogens with one attached hydrogen (secondary N) is 3. The first-order valence-electron chi connectivity index (χ1n) is 6.36. The van der Waals surface area contributed by atoms with Gasteiger partial charge in [-0.3, -0.25) is 4.79 Å². The van der Waals surface area contributed by atoms with Crippen LogP contribution in [-0.4, -0.2) is 24.5 Å². The van der Waals surface area contributed by atoms with E-state index in [2.05, 4.69) is 16.0 Å². The maximum absolute atomic E-state index is 11.6. The van der Waals surface area contributed by atoms with Gasteiger partial charge < -0.3 is 16.0 Å².